The van der Waals surface area contributed by atoms with Crippen molar-refractivity contribution in [1.29, 1.82) is 0 Å². The van der Waals surface area contributed by atoms with E-state index < -0.39 is 0 Å². The van der Waals surface area contributed by atoms with Crippen LogP contribution in [0.1, 0.15) is 53.9 Å². The largest absolute Gasteiger partial charge is 0.300 e. The summed E-state index contributed by atoms with van der Waals surface area (Å²) in [4.78, 5) is 2.60. The fraction of sp³-hybridized carbons (Fsp3) is 1.00. The van der Waals surface area contributed by atoms with E-state index in [0.29, 0.717) is 5.41 Å². The van der Waals surface area contributed by atoms with Gasteiger partial charge >= 0.3 is 0 Å². The molecule has 1 heteroatoms. The summed E-state index contributed by atoms with van der Waals surface area (Å²) in [6, 6.07) is 0.742. The van der Waals surface area contributed by atoms with Crippen LogP contribution < -0.4 is 0 Å². The Kier molecular flexibility index (Phi) is 4.00. The number of nitrogens with zero attached hydrogens (tertiary/aromatic N) is 1. The van der Waals surface area contributed by atoms with Gasteiger partial charge in [-0.1, -0.05) is 27.2 Å². The van der Waals surface area contributed by atoms with Gasteiger partial charge in [-0.2, -0.15) is 0 Å². The van der Waals surface area contributed by atoms with Crippen LogP contribution in [-0.4, -0.2) is 24.0 Å². The second kappa shape index (κ2) is 4.65. The molecule has 0 aromatic rings. The summed E-state index contributed by atoms with van der Waals surface area (Å²) >= 11 is 0. The highest BCUT2D eigenvalue weighted by molar-refractivity contribution is 4.95. The van der Waals surface area contributed by atoms with Crippen molar-refractivity contribution in [1.82, 2.24) is 4.90 Å². The molecule has 0 saturated carbocycles. The van der Waals surface area contributed by atoms with Crippen molar-refractivity contribution in [3.63, 3.8) is 0 Å². The first-order valence-electron chi connectivity index (χ1n) is 6.27. The Labute approximate surface area is 89.9 Å². The van der Waals surface area contributed by atoms with E-state index in [0.717, 1.165) is 12.0 Å². The molecule has 0 aromatic carbocycles. The lowest BCUT2D eigenvalue weighted by atomic mass is 9.70. The summed E-state index contributed by atoms with van der Waals surface area (Å²) in [5, 5.41) is 0. The van der Waals surface area contributed by atoms with E-state index in [-0.39, 0.29) is 0 Å². The molecule has 0 N–H and O–H groups in total. The third kappa shape index (κ3) is 2.50. The maximum atomic E-state index is 2.60. The van der Waals surface area contributed by atoms with Crippen molar-refractivity contribution < 1.29 is 0 Å². The Hall–Kier alpha value is -0.0400. The molecule has 1 aliphatic rings. The van der Waals surface area contributed by atoms with E-state index in [2.05, 4.69) is 39.5 Å². The summed E-state index contributed by atoms with van der Waals surface area (Å²) in [6.45, 7) is 14.4. The molecule has 0 spiro atoms. The van der Waals surface area contributed by atoms with Gasteiger partial charge in [-0.25, -0.2) is 0 Å². The van der Waals surface area contributed by atoms with Crippen LogP contribution in [0.3, 0.4) is 0 Å². The van der Waals surface area contributed by atoms with Crippen LogP contribution >= 0.6 is 0 Å². The molecule has 1 heterocycles. The molecule has 84 valence electrons. The third-order valence-corrected chi connectivity index (χ3v) is 4.04. The quantitative estimate of drug-likeness (QED) is 0.651. The maximum absolute atomic E-state index is 2.60. The van der Waals surface area contributed by atoms with E-state index in [9.17, 15) is 0 Å². The van der Waals surface area contributed by atoms with Crippen LogP contribution in [0.5, 0.6) is 0 Å². The molecule has 1 saturated heterocycles. The van der Waals surface area contributed by atoms with Gasteiger partial charge in [-0.05, 0) is 38.0 Å². The lowest BCUT2D eigenvalue weighted by molar-refractivity contribution is -0.0400. The zero-order chi connectivity index (χ0) is 10.8. The Bertz CT molecular complexity index is 168. The Morgan fingerprint density at radius 2 is 1.71 bits per heavy atom. The molecular formula is C13H27N. The normalized spacial score (nSPS) is 23.6. The molecule has 1 nitrogen and oxygen atoms in total. The van der Waals surface area contributed by atoms with Crippen LogP contribution in [0.25, 0.3) is 0 Å². The molecule has 1 fully saturated rings. The molecule has 1 atom stereocenters. The summed E-state index contributed by atoms with van der Waals surface area (Å²) in [6.07, 6.45) is 4.13. The number of hydrogen-bond acceptors (Lipinski definition) is 1. The topological polar surface area (TPSA) is 3.24 Å². The summed E-state index contributed by atoms with van der Waals surface area (Å²) in [5.41, 5.74) is 0.666. The van der Waals surface area contributed by atoms with Crippen molar-refractivity contribution >= 4 is 0 Å². The van der Waals surface area contributed by atoms with Crippen LogP contribution in [0, 0.1) is 11.3 Å². The first kappa shape index (κ1) is 12.0. The van der Waals surface area contributed by atoms with Gasteiger partial charge in [0, 0.05) is 19.1 Å². The van der Waals surface area contributed by atoms with Crippen molar-refractivity contribution in [3.8, 4) is 0 Å². The van der Waals surface area contributed by atoms with E-state index in [4.69, 9.17) is 0 Å². The van der Waals surface area contributed by atoms with Crippen LogP contribution in [0.4, 0.5) is 0 Å². The van der Waals surface area contributed by atoms with Crippen molar-refractivity contribution in [3.05, 3.63) is 0 Å². The monoisotopic (exact) mass is 197 g/mol. The van der Waals surface area contributed by atoms with E-state index in [1.54, 1.807) is 0 Å². The molecule has 14 heavy (non-hydrogen) atoms. The van der Waals surface area contributed by atoms with Gasteiger partial charge in [0.15, 0.2) is 0 Å². The van der Waals surface area contributed by atoms with Crippen molar-refractivity contribution in [2.45, 2.75) is 59.9 Å². The van der Waals surface area contributed by atoms with Gasteiger partial charge in [-0.15, -0.1) is 0 Å². The smallest absolute Gasteiger partial charge is 0.00532 e. The van der Waals surface area contributed by atoms with Gasteiger partial charge in [-0.3, -0.25) is 4.90 Å². The minimum Gasteiger partial charge on any atom is -0.300 e. The molecule has 0 amide bonds. The Morgan fingerprint density at radius 3 is 2.07 bits per heavy atom. The second-order valence-corrected chi connectivity index (χ2v) is 5.57. The lowest BCUT2D eigenvalue weighted by Gasteiger charge is -2.53. The average Bonchev–Trinajstić information content (AvgIpc) is 2.09. The SMILES string of the molecule is CCC(C)CC1(CC)CN(C(C)C)C1. The standard InChI is InChI=1S/C13H27N/c1-6-12(5)8-13(7-2)9-14(10-13)11(3)4/h11-12H,6-10H2,1-5H3. The molecule has 1 aliphatic heterocycles. The molecule has 0 aromatic heterocycles. The van der Waals surface area contributed by atoms with Crippen LogP contribution in [0.2, 0.25) is 0 Å². The van der Waals surface area contributed by atoms with E-state index in [1.165, 1.54) is 32.4 Å². The number of hydrogen-bond donors (Lipinski definition) is 0. The maximum Gasteiger partial charge on any atom is 0.00532 e. The minimum absolute atomic E-state index is 0.666. The van der Waals surface area contributed by atoms with Gasteiger partial charge in [0.05, 0.1) is 0 Å². The van der Waals surface area contributed by atoms with Crippen LogP contribution in [0.15, 0.2) is 0 Å². The molecule has 0 aliphatic carbocycles. The van der Waals surface area contributed by atoms with Crippen molar-refractivity contribution in [2.75, 3.05) is 13.1 Å². The third-order valence-electron chi connectivity index (χ3n) is 4.04. The fourth-order valence-electron chi connectivity index (χ4n) is 2.56. The first-order valence-corrected chi connectivity index (χ1v) is 6.27. The van der Waals surface area contributed by atoms with Crippen LogP contribution in [-0.2, 0) is 0 Å². The predicted octanol–water partition coefficient (Wildman–Crippen LogP) is 3.54. The highest BCUT2D eigenvalue weighted by Gasteiger charge is 2.42. The summed E-state index contributed by atoms with van der Waals surface area (Å²) in [5.74, 6) is 0.907. The second-order valence-electron chi connectivity index (χ2n) is 5.57. The highest BCUT2D eigenvalue weighted by Crippen LogP contribution is 2.41. The molecule has 0 bridgehead atoms. The highest BCUT2D eigenvalue weighted by atomic mass is 15.2. The lowest BCUT2D eigenvalue weighted by Crippen LogP contribution is -2.58. The summed E-state index contributed by atoms with van der Waals surface area (Å²) < 4.78 is 0. The van der Waals surface area contributed by atoms with Gasteiger partial charge < -0.3 is 0 Å². The number of likely N-dealkylation sites (tertiary alicyclic amines) is 1. The minimum atomic E-state index is 0.666. The zero-order valence-electron chi connectivity index (χ0n) is 10.6. The van der Waals surface area contributed by atoms with Gasteiger partial charge in [0.1, 0.15) is 0 Å². The average molecular weight is 197 g/mol. The molecule has 1 rings (SSSR count). The Morgan fingerprint density at radius 1 is 1.14 bits per heavy atom. The van der Waals surface area contributed by atoms with Gasteiger partial charge in [0.25, 0.3) is 0 Å². The predicted molar refractivity (Wildman–Crippen MR) is 63.5 cm³/mol. The molecular weight excluding hydrogens is 170 g/mol. The number of rotatable bonds is 5. The fourth-order valence-corrected chi connectivity index (χ4v) is 2.56. The molecule has 1 unspecified atom stereocenters. The Balaban J connectivity index is 2.40. The zero-order valence-corrected chi connectivity index (χ0v) is 10.6. The first-order chi connectivity index (χ1) is 6.53. The van der Waals surface area contributed by atoms with Crippen molar-refractivity contribution in [2.24, 2.45) is 11.3 Å². The van der Waals surface area contributed by atoms with E-state index >= 15 is 0 Å². The van der Waals surface area contributed by atoms with Gasteiger partial charge in [0.2, 0.25) is 0 Å². The van der Waals surface area contributed by atoms with E-state index in [1.807, 2.05) is 0 Å². The summed E-state index contributed by atoms with van der Waals surface area (Å²) in [7, 11) is 0. The molecule has 0 radical (unpaired) electrons.